The van der Waals surface area contributed by atoms with Gasteiger partial charge in [0.1, 0.15) is 23.1 Å². The Kier molecular flexibility index (Phi) is 5.25. The van der Waals surface area contributed by atoms with Crippen LogP contribution in [0, 0.1) is 0 Å². The van der Waals surface area contributed by atoms with Crippen molar-refractivity contribution in [3.63, 3.8) is 0 Å². The second-order valence-corrected chi connectivity index (χ2v) is 10.7. The number of aromatic nitrogens is 2. The molecule has 1 unspecified atom stereocenters. The molecule has 0 saturated carbocycles. The maximum atomic E-state index is 13.2. The summed E-state index contributed by atoms with van der Waals surface area (Å²) in [5.74, 6) is 1.02. The Balaban J connectivity index is 1.48. The van der Waals surface area contributed by atoms with E-state index < -0.39 is 9.84 Å². The Labute approximate surface area is 199 Å². The summed E-state index contributed by atoms with van der Waals surface area (Å²) < 4.78 is 31.0. The Hall–Kier alpha value is -3.18. The lowest BCUT2D eigenvalue weighted by Crippen LogP contribution is -2.48. The third-order valence-electron chi connectivity index (χ3n) is 5.70. The van der Waals surface area contributed by atoms with E-state index in [0.717, 1.165) is 15.7 Å². The molecule has 0 bridgehead atoms. The quantitative estimate of drug-likeness (QED) is 0.539. The minimum Gasteiger partial charge on any atom is -0.491 e. The van der Waals surface area contributed by atoms with Crippen LogP contribution >= 0.6 is 15.9 Å². The van der Waals surface area contributed by atoms with Crippen molar-refractivity contribution in [3.05, 3.63) is 58.7 Å². The Bertz CT molecular complexity index is 1380. The second kappa shape index (κ2) is 7.99. The SMILES string of the molecule is CC1c2cnc(Nc3ccc4c(c3)S(=O)(=O)CCO4)nc2N(C)C(=O)N1c1ccccc1Br. The van der Waals surface area contributed by atoms with Crippen LogP contribution in [-0.2, 0) is 9.84 Å². The van der Waals surface area contributed by atoms with Crippen LogP contribution in [0.1, 0.15) is 18.5 Å². The number of hydrogen-bond donors (Lipinski definition) is 1. The van der Waals surface area contributed by atoms with E-state index in [0.29, 0.717) is 17.3 Å². The van der Waals surface area contributed by atoms with Crippen molar-refractivity contribution in [2.75, 3.05) is 34.5 Å². The molecule has 0 radical (unpaired) electrons. The minimum atomic E-state index is -3.40. The normalized spacial score (nSPS) is 18.9. The van der Waals surface area contributed by atoms with Crippen LogP contribution in [0.15, 0.2) is 58.0 Å². The zero-order chi connectivity index (χ0) is 23.3. The third-order valence-corrected chi connectivity index (χ3v) is 8.06. The molecule has 5 rings (SSSR count). The number of nitrogens with zero attached hydrogens (tertiary/aromatic N) is 4. The number of para-hydroxylation sites is 1. The molecule has 33 heavy (non-hydrogen) atoms. The van der Waals surface area contributed by atoms with Crippen molar-refractivity contribution in [3.8, 4) is 5.75 Å². The highest BCUT2D eigenvalue weighted by molar-refractivity contribution is 9.10. The first-order chi connectivity index (χ1) is 15.8. The van der Waals surface area contributed by atoms with Gasteiger partial charge in [0, 0.05) is 29.0 Å². The fourth-order valence-corrected chi connectivity index (χ4v) is 5.71. The van der Waals surface area contributed by atoms with Gasteiger partial charge >= 0.3 is 6.03 Å². The summed E-state index contributed by atoms with van der Waals surface area (Å²) in [5.41, 5.74) is 2.06. The van der Waals surface area contributed by atoms with Gasteiger partial charge in [-0.2, -0.15) is 4.98 Å². The standard InChI is InChI=1S/C22H20BrN5O4S/c1-13-15-12-24-21(25-14-7-8-18-19(11-14)33(30,31)10-9-32-18)26-20(15)27(2)22(29)28(13)17-6-4-3-5-16(17)23/h3-8,11-13H,9-10H2,1-2H3,(H,24,25,26). The lowest BCUT2D eigenvalue weighted by atomic mass is 10.1. The van der Waals surface area contributed by atoms with E-state index in [1.165, 1.54) is 11.0 Å². The van der Waals surface area contributed by atoms with Crippen LogP contribution in [0.5, 0.6) is 5.75 Å². The van der Waals surface area contributed by atoms with Crippen LogP contribution in [0.4, 0.5) is 27.9 Å². The zero-order valence-corrected chi connectivity index (χ0v) is 20.2. The highest BCUT2D eigenvalue weighted by Crippen LogP contribution is 2.40. The molecule has 2 aliphatic rings. The van der Waals surface area contributed by atoms with E-state index in [-0.39, 0.29) is 35.3 Å². The van der Waals surface area contributed by atoms with Crippen LogP contribution in [0.25, 0.3) is 0 Å². The number of hydrogen-bond acceptors (Lipinski definition) is 7. The van der Waals surface area contributed by atoms with Gasteiger partial charge in [-0.15, -0.1) is 0 Å². The first-order valence-corrected chi connectivity index (χ1v) is 12.7. The number of nitrogens with one attached hydrogen (secondary N) is 1. The molecule has 0 spiro atoms. The number of amides is 2. The molecule has 2 aromatic carbocycles. The fourth-order valence-electron chi connectivity index (χ4n) is 3.97. The summed E-state index contributed by atoms with van der Waals surface area (Å²) >= 11 is 3.52. The molecule has 0 aliphatic carbocycles. The van der Waals surface area contributed by atoms with Gasteiger partial charge in [0.15, 0.2) is 9.84 Å². The number of carbonyl (C=O) groups is 1. The molecule has 11 heteroatoms. The van der Waals surface area contributed by atoms with E-state index in [4.69, 9.17) is 4.74 Å². The lowest BCUT2D eigenvalue weighted by Gasteiger charge is -2.39. The number of anilines is 4. The number of fused-ring (bicyclic) bond motifs is 2. The summed E-state index contributed by atoms with van der Waals surface area (Å²) in [6, 6.07) is 11.9. The first kappa shape index (κ1) is 21.7. The number of urea groups is 1. The summed E-state index contributed by atoms with van der Waals surface area (Å²) in [4.78, 5) is 25.5. The summed E-state index contributed by atoms with van der Waals surface area (Å²) in [6.45, 7) is 2.07. The van der Waals surface area contributed by atoms with Gasteiger partial charge in [-0.05, 0) is 53.2 Å². The lowest BCUT2D eigenvalue weighted by molar-refractivity contribution is 0.249. The van der Waals surface area contributed by atoms with Crippen molar-refractivity contribution >= 4 is 54.9 Å². The molecule has 0 fully saturated rings. The van der Waals surface area contributed by atoms with Crippen molar-refractivity contribution in [2.45, 2.75) is 17.9 Å². The predicted octanol–water partition coefficient (Wildman–Crippen LogP) is 4.29. The highest BCUT2D eigenvalue weighted by atomic mass is 79.9. The molecule has 1 aromatic heterocycles. The summed E-state index contributed by atoms with van der Waals surface area (Å²) in [6.07, 6.45) is 1.68. The molecule has 3 aromatic rings. The number of sulfone groups is 1. The average molecular weight is 530 g/mol. The van der Waals surface area contributed by atoms with Gasteiger partial charge in [-0.25, -0.2) is 18.2 Å². The molecule has 3 heterocycles. The largest absolute Gasteiger partial charge is 0.491 e. The van der Waals surface area contributed by atoms with Crippen LogP contribution in [-0.4, -0.2) is 43.8 Å². The maximum absolute atomic E-state index is 13.2. The molecule has 2 aliphatic heterocycles. The molecule has 9 nitrogen and oxygen atoms in total. The Morgan fingerprint density at radius 1 is 1.21 bits per heavy atom. The average Bonchev–Trinajstić information content (AvgIpc) is 2.79. The Morgan fingerprint density at radius 2 is 2.00 bits per heavy atom. The number of benzene rings is 2. The van der Waals surface area contributed by atoms with E-state index in [1.807, 2.05) is 31.2 Å². The maximum Gasteiger partial charge on any atom is 0.330 e. The molecule has 170 valence electrons. The first-order valence-electron chi connectivity index (χ1n) is 10.2. The molecule has 0 saturated heterocycles. The van der Waals surface area contributed by atoms with E-state index >= 15 is 0 Å². The fraction of sp³-hybridized carbons (Fsp3) is 0.227. The third kappa shape index (κ3) is 3.70. The van der Waals surface area contributed by atoms with E-state index in [9.17, 15) is 13.2 Å². The number of halogens is 1. The smallest absolute Gasteiger partial charge is 0.330 e. The van der Waals surface area contributed by atoms with Crippen molar-refractivity contribution < 1.29 is 17.9 Å². The molecule has 1 N–H and O–H groups in total. The van der Waals surface area contributed by atoms with Gasteiger partial charge in [0.2, 0.25) is 5.95 Å². The molecule has 1 atom stereocenters. The van der Waals surface area contributed by atoms with Crippen molar-refractivity contribution in [1.29, 1.82) is 0 Å². The predicted molar refractivity (Wildman–Crippen MR) is 128 cm³/mol. The number of rotatable bonds is 3. The van der Waals surface area contributed by atoms with E-state index in [1.54, 1.807) is 30.3 Å². The topological polar surface area (TPSA) is 105 Å². The second-order valence-electron chi connectivity index (χ2n) is 7.77. The molecular formula is C22H20BrN5O4S. The van der Waals surface area contributed by atoms with Gasteiger partial charge in [0.05, 0.1) is 17.5 Å². The van der Waals surface area contributed by atoms with Crippen LogP contribution in [0.2, 0.25) is 0 Å². The summed E-state index contributed by atoms with van der Waals surface area (Å²) in [7, 11) is -1.74. The van der Waals surface area contributed by atoms with Gasteiger partial charge < -0.3 is 10.1 Å². The number of carbonyl (C=O) groups excluding carboxylic acids is 1. The zero-order valence-electron chi connectivity index (χ0n) is 17.8. The Morgan fingerprint density at radius 3 is 2.79 bits per heavy atom. The molecular weight excluding hydrogens is 510 g/mol. The monoisotopic (exact) mass is 529 g/mol. The van der Waals surface area contributed by atoms with E-state index in [2.05, 4.69) is 31.2 Å². The minimum absolute atomic E-state index is 0.0579. The van der Waals surface area contributed by atoms with Gasteiger partial charge in [0.25, 0.3) is 0 Å². The van der Waals surface area contributed by atoms with Crippen LogP contribution < -0.4 is 19.9 Å². The number of ether oxygens (including phenoxy) is 1. The van der Waals surface area contributed by atoms with Crippen molar-refractivity contribution in [1.82, 2.24) is 9.97 Å². The van der Waals surface area contributed by atoms with Crippen molar-refractivity contribution in [2.24, 2.45) is 0 Å². The summed E-state index contributed by atoms with van der Waals surface area (Å²) in [5, 5.41) is 3.04. The molecule has 2 amide bonds. The van der Waals surface area contributed by atoms with Gasteiger partial charge in [-0.3, -0.25) is 9.80 Å². The van der Waals surface area contributed by atoms with Gasteiger partial charge in [-0.1, -0.05) is 12.1 Å². The van der Waals surface area contributed by atoms with Crippen LogP contribution in [0.3, 0.4) is 0 Å². The highest BCUT2D eigenvalue weighted by Gasteiger charge is 2.37.